The fourth-order valence-electron chi connectivity index (χ4n) is 2.35. The van der Waals surface area contributed by atoms with Crippen molar-refractivity contribution >= 4 is 0 Å². The van der Waals surface area contributed by atoms with E-state index in [-0.39, 0.29) is 12.1 Å². The summed E-state index contributed by atoms with van der Waals surface area (Å²) in [5, 5.41) is 12.2. The highest BCUT2D eigenvalue weighted by atomic mass is 16.3. The van der Waals surface area contributed by atoms with Crippen LogP contribution in [0.1, 0.15) is 32.6 Å². The summed E-state index contributed by atoms with van der Waals surface area (Å²) in [4.78, 5) is 4.06. The zero-order valence-corrected chi connectivity index (χ0v) is 9.21. The van der Waals surface area contributed by atoms with E-state index in [1.165, 1.54) is 0 Å². The van der Waals surface area contributed by atoms with Crippen molar-refractivity contribution in [2.75, 3.05) is 11.6 Å². The molecule has 1 aliphatic rings. The van der Waals surface area contributed by atoms with Crippen molar-refractivity contribution in [2.45, 2.75) is 44.8 Å². The van der Waals surface area contributed by atoms with Gasteiger partial charge in [-0.1, -0.05) is 13.3 Å². The standard InChI is InChI=1S/C11H19N3O/c1-2-4-10-11(15)5-3-7-14(10)13-8-6-12-9-13/h6,8-11,15H,2-5,7H2,1H3. The molecule has 0 radical (unpaired) electrons. The Balaban J connectivity index is 2.13. The molecule has 0 amide bonds. The monoisotopic (exact) mass is 209 g/mol. The number of nitrogens with zero attached hydrogens (tertiary/aromatic N) is 3. The smallest absolute Gasteiger partial charge is 0.114 e. The van der Waals surface area contributed by atoms with Crippen molar-refractivity contribution in [3.05, 3.63) is 18.7 Å². The third-order valence-corrected chi connectivity index (χ3v) is 3.09. The van der Waals surface area contributed by atoms with Crippen LogP contribution in [-0.4, -0.2) is 33.5 Å². The first-order valence-corrected chi connectivity index (χ1v) is 5.76. The van der Waals surface area contributed by atoms with Crippen molar-refractivity contribution in [2.24, 2.45) is 0 Å². The Morgan fingerprint density at radius 1 is 1.53 bits per heavy atom. The molecule has 4 nitrogen and oxygen atoms in total. The van der Waals surface area contributed by atoms with E-state index < -0.39 is 0 Å². The van der Waals surface area contributed by atoms with Gasteiger partial charge in [-0.15, -0.1) is 0 Å². The molecule has 2 atom stereocenters. The van der Waals surface area contributed by atoms with Crippen LogP contribution in [0.3, 0.4) is 0 Å². The Labute approximate surface area is 90.5 Å². The number of aromatic nitrogens is 2. The minimum atomic E-state index is -0.193. The molecular formula is C11H19N3O. The summed E-state index contributed by atoms with van der Waals surface area (Å²) >= 11 is 0. The topological polar surface area (TPSA) is 41.3 Å². The van der Waals surface area contributed by atoms with Gasteiger partial charge in [-0.2, -0.15) is 0 Å². The molecule has 2 rings (SSSR count). The Morgan fingerprint density at radius 3 is 3.07 bits per heavy atom. The average molecular weight is 209 g/mol. The summed E-state index contributed by atoms with van der Waals surface area (Å²) < 4.78 is 2.00. The summed E-state index contributed by atoms with van der Waals surface area (Å²) in [6, 6.07) is 0.248. The van der Waals surface area contributed by atoms with Crippen LogP contribution >= 0.6 is 0 Å². The van der Waals surface area contributed by atoms with Gasteiger partial charge in [0.15, 0.2) is 0 Å². The second-order valence-corrected chi connectivity index (χ2v) is 4.17. The molecule has 0 aromatic carbocycles. The summed E-state index contributed by atoms with van der Waals surface area (Å²) in [7, 11) is 0. The van der Waals surface area contributed by atoms with E-state index in [9.17, 15) is 5.11 Å². The van der Waals surface area contributed by atoms with Gasteiger partial charge in [0, 0.05) is 18.9 Å². The van der Waals surface area contributed by atoms with Crippen molar-refractivity contribution in [3.63, 3.8) is 0 Å². The zero-order valence-electron chi connectivity index (χ0n) is 9.21. The van der Waals surface area contributed by atoms with Gasteiger partial charge in [0.05, 0.1) is 12.1 Å². The number of hydrogen-bond donors (Lipinski definition) is 1. The van der Waals surface area contributed by atoms with Crippen LogP contribution in [0.4, 0.5) is 0 Å². The lowest BCUT2D eigenvalue weighted by Crippen LogP contribution is -2.53. The van der Waals surface area contributed by atoms with E-state index in [4.69, 9.17) is 0 Å². The van der Waals surface area contributed by atoms with Gasteiger partial charge in [-0.3, -0.25) is 4.68 Å². The molecule has 1 saturated heterocycles. The SMILES string of the molecule is CCCC1C(O)CCCN1n1ccnc1. The molecule has 0 spiro atoms. The number of rotatable bonds is 3. The molecule has 1 aromatic rings. The molecule has 2 heterocycles. The molecule has 1 aromatic heterocycles. The molecule has 4 heteroatoms. The zero-order chi connectivity index (χ0) is 10.7. The highest BCUT2D eigenvalue weighted by Crippen LogP contribution is 2.20. The summed E-state index contributed by atoms with van der Waals surface area (Å²) in [5.74, 6) is 0. The molecule has 2 unspecified atom stereocenters. The fourth-order valence-corrected chi connectivity index (χ4v) is 2.35. The van der Waals surface area contributed by atoms with Crippen LogP contribution in [0.25, 0.3) is 0 Å². The van der Waals surface area contributed by atoms with Crippen LogP contribution in [0, 0.1) is 0 Å². The predicted molar refractivity (Wildman–Crippen MR) is 59.2 cm³/mol. The maximum atomic E-state index is 9.99. The quantitative estimate of drug-likeness (QED) is 0.811. The maximum absolute atomic E-state index is 9.99. The van der Waals surface area contributed by atoms with Gasteiger partial charge < -0.3 is 10.1 Å². The minimum absolute atomic E-state index is 0.193. The molecule has 84 valence electrons. The first-order chi connectivity index (χ1) is 7.33. The van der Waals surface area contributed by atoms with Gasteiger partial charge in [-0.25, -0.2) is 4.98 Å². The molecular weight excluding hydrogens is 190 g/mol. The average Bonchev–Trinajstić information content (AvgIpc) is 2.74. The molecule has 0 bridgehead atoms. The predicted octanol–water partition coefficient (Wildman–Crippen LogP) is 1.14. The first-order valence-electron chi connectivity index (χ1n) is 5.76. The molecule has 1 N–H and O–H groups in total. The number of aliphatic hydroxyl groups is 1. The second kappa shape index (κ2) is 4.66. The summed E-state index contributed by atoms with van der Waals surface area (Å²) in [6.07, 6.45) is 9.47. The van der Waals surface area contributed by atoms with Gasteiger partial charge >= 0.3 is 0 Å². The minimum Gasteiger partial charge on any atom is -0.391 e. The third kappa shape index (κ3) is 2.15. The van der Waals surface area contributed by atoms with Gasteiger partial charge in [-0.05, 0) is 19.3 Å². The van der Waals surface area contributed by atoms with Crippen LogP contribution in [-0.2, 0) is 0 Å². The third-order valence-electron chi connectivity index (χ3n) is 3.09. The number of piperidine rings is 1. The van der Waals surface area contributed by atoms with E-state index in [1.54, 1.807) is 12.5 Å². The van der Waals surface area contributed by atoms with Gasteiger partial charge in [0.1, 0.15) is 6.33 Å². The van der Waals surface area contributed by atoms with Crippen LogP contribution in [0.2, 0.25) is 0 Å². The Kier molecular flexibility index (Phi) is 3.26. The number of aliphatic hydroxyl groups excluding tert-OH is 1. The highest BCUT2D eigenvalue weighted by Gasteiger charge is 2.29. The van der Waals surface area contributed by atoms with Gasteiger partial charge in [0.2, 0.25) is 0 Å². The molecule has 1 aliphatic heterocycles. The number of hydrogen-bond acceptors (Lipinski definition) is 3. The van der Waals surface area contributed by atoms with Gasteiger partial charge in [0.25, 0.3) is 0 Å². The fraction of sp³-hybridized carbons (Fsp3) is 0.727. The normalized spacial score (nSPS) is 26.9. The summed E-state index contributed by atoms with van der Waals surface area (Å²) in [5.41, 5.74) is 0. The molecule has 1 fully saturated rings. The lowest BCUT2D eigenvalue weighted by Gasteiger charge is -2.40. The molecule has 15 heavy (non-hydrogen) atoms. The second-order valence-electron chi connectivity index (χ2n) is 4.17. The van der Waals surface area contributed by atoms with Crippen LogP contribution in [0.5, 0.6) is 0 Å². The Hall–Kier alpha value is -1.03. The van der Waals surface area contributed by atoms with E-state index in [0.717, 1.165) is 32.2 Å². The lowest BCUT2D eigenvalue weighted by atomic mass is 9.97. The Morgan fingerprint density at radius 2 is 2.40 bits per heavy atom. The lowest BCUT2D eigenvalue weighted by molar-refractivity contribution is 0.0948. The summed E-state index contributed by atoms with van der Waals surface area (Å²) in [6.45, 7) is 3.17. The maximum Gasteiger partial charge on any atom is 0.114 e. The van der Waals surface area contributed by atoms with E-state index in [1.807, 2.05) is 10.9 Å². The van der Waals surface area contributed by atoms with Crippen LogP contribution < -0.4 is 5.01 Å². The first kappa shape index (κ1) is 10.5. The van der Waals surface area contributed by atoms with E-state index in [0.29, 0.717) is 0 Å². The van der Waals surface area contributed by atoms with Crippen molar-refractivity contribution < 1.29 is 5.11 Å². The highest BCUT2D eigenvalue weighted by molar-refractivity contribution is 5.02. The molecule has 0 aliphatic carbocycles. The van der Waals surface area contributed by atoms with E-state index in [2.05, 4.69) is 16.9 Å². The van der Waals surface area contributed by atoms with E-state index >= 15 is 0 Å². The van der Waals surface area contributed by atoms with Crippen LogP contribution in [0.15, 0.2) is 18.7 Å². The van der Waals surface area contributed by atoms with Crippen molar-refractivity contribution in [1.82, 2.24) is 9.66 Å². The number of imidazole rings is 1. The molecule has 0 saturated carbocycles. The van der Waals surface area contributed by atoms with Crippen molar-refractivity contribution in [1.29, 1.82) is 0 Å². The largest absolute Gasteiger partial charge is 0.391 e. The Bertz CT molecular complexity index is 286. The van der Waals surface area contributed by atoms with Crippen molar-refractivity contribution in [3.8, 4) is 0 Å².